The zero-order valence-electron chi connectivity index (χ0n) is 11.7. The van der Waals surface area contributed by atoms with Gasteiger partial charge >= 0.3 is 0 Å². The van der Waals surface area contributed by atoms with Crippen LogP contribution in [0.15, 0.2) is 36.8 Å². The fourth-order valence-electron chi connectivity index (χ4n) is 2.22. The summed E-state index contributed by atoms with van der Waals surface area (Å²) in [6.45, 7) is 2.44. The largest absolute Gasteiger partial charge is 0.330 e. The molecule has 3 rings (SSSR count). The Morgan fingerprint density at radius 2 is 2.18 bits per heavy atom. The number of hydrogen-bond acceptors (Lipinski definition) is 3. The molecule has 0 atom stereocenters. The number of hydrogen-bond donors (Lipinski definition) is 0. The smallest absolute Gasteiger partial charge is 0.158 e. The van der Waals surface area contributed by atoms with E-state index in [0.717, 1.165) is 20.6 Å². The van der Waals surface area contributed by atoms with Crippen LogP contribution in [0.4, 0.5) is 4.39 Å². The summed E-state index contributed by atoms with van der Waals surface area (Å²) in [7, 11) is 0. The van der Waals surface area contributed by atoms with Crippen LogP contribution < -0.4 is 0 Å². The Hall–Kier alpha value is -2.21. The van der Waals surface area contributed by atoms with Crippen LogP contribution in [-0.4, -0.2) is 19.3 Å². The Morgan fingerprint density at radius 3 is 2.86 bits per heavy atom. The van der Waals surface area contributed by atoms with Crippen LogP contribution in [0.3, 0.4) is 0 Å². The van der Waals surface area contributed by atoms with E-state index in [9.17, 15) is 4.39 Å². The van der Waals surface area contributed by atoms with Crippen molar-refractivity contribution in [1.29, 1.82) is 5.26 Å². The molecule has 3 aromatic rings. The zero-order valence-corrected chi connectivity index (χ0v) is 13.8. The number of aryl methyl sites for hydroxylation is 1. The SMILES string of the molecule is Cc1cc(Cn2cnc(C#N)c2)n(-c2ccc(F)cc2I)n1. The minimum Gasteiger partial charge on any atom is -0.330 e. The lowest BCUT2D eigenvalue weighted by molar-refractivity contribution is 0.625. The van der Waals surface area contributed by atoms with Gasteiger partial charge in [0.05, 0.1) is 29.9 Å². The van der Waals surface area contributed by atoms with E-state index < -0.39 is 0 Å². The number of nitrogens with zero attached hydrogens (tertiary/aromatic N) is 5. The molecule has 0 unspecified atom stereocenters. The number of rotatable bonds is 3. The summed E-state index contributed by atoms with van der Waals surface area (Å²) in [5.41, 5.74) is 3.00. The van der Waals surface area contributed by atoms with Gasteiger partial charge in [-0.25, -0.2) is 14.1 Å². The molecule has 7 heteroatoms. The summed E-state index contributed by atoms with van der Waals surface area (Å²) < 4.78 is 17.7. The van der Waals surface area contributed by atoms with Crippen molar-refractivity contribution in [3.8, 4) is 11.8 Å². The standard InChI is InChI=1S/C15H11FIN5/c1-10-4-13(8-21-7-12(6-18)19-9-21)22(20-10)15-3-2-11(16)5-14(15)17/h2-5,7,9H,8H2,1H3. The number of nitriles is 1. The van der Waals surface area contributed by atoms with Gasteiger partial charge in [-0.1, -0.05) is 0 Å². The van der Waals surface area contributed by atoms with Crippen LogP contribution in [0.1, 0.15) is 17.1 Å². The lowest BCUT2D eigenvalue weighted by Gasteiger charge is -2.10. The van der Waals surface area contributed by atoms with Crippen molar-refractivity contribution in [2.75, 3.05) is 0 Å². The minimum absolute atomic E-state index is 0.271. The topological polar surface area (TPSA) is 59.4 Å². The lowest BCUT2D eigenvalue weighted by Crippen LogP contribution is -2.08. The maximum atomic E-state index is 13.3. The molecule has 0 aliphatic rings. The first kappa shape index (κ1) is 14.7. The van der Waals surface area contributed by atoms with E-state index in [1.165, 1.54) is 12.1 Å². The maximum Gasteiger partial charge on any atom is 0.158 e. The van der Waals surface area contributed by atoms with Crippen molar-refractivity contribution < 1.29 is 4.39 Å². The van der Waals surface area contributed by atoms with Gasteiger partial charge in [-0.15, -0.1) is 0 Å². The highest BCUT2D eigenvalue weighted by molar-refractivity contribution is 14.1. The molecule has 1 aromatic carbocycles. The molecule has 2 heterocycles. The van der Waals surface area contributed by atoms with Crippen LogP contribution >= 0.6 is 22.6 Å². The van der Waals surface area contributed by atoms with E-state index in [4.69, 9.17) is 5.26 Å². The molecule has 2 aromatic heterocycles. The van der Waals surface area contributed by atoms with Gasteiger partial charge in [0.2, 0.25) is 0 Å². The van der Waals surface area contributed by atoms with E-state index in [2.05, 4.69) is 32.7 Å². The minimum atomic E-state index is -0.271. The van der Waals surface area contributed by atoms with Crippen molar-refractivity contribution in [3.63, 3.8) is 0 Å². The van der Waals surface area contributed by atoms with Gasteiger partial charge in [-0.05, 0) is 53.8 Å². The highest BCUT2D eigenvalue weighted by Gasteiger charge is 2.12. The van der Waals surface area contributed by atoms with E-state index >= 15 is 0 Å². The monoisotopic (exact) mass is 407 g/mol. The molecule has 0 radical (unpaired) electrons. The summed E-state index contributed by atoms with van der Waals surface area (Å²) in [5, 5.41) is 13.3. The second-order valence-corrected chi connectivity index (χ2v) is 5.99. The van der Waals surface area contributed by atoms with Gasteiger partial charge in [0.25, 0.3) is 0 Å². The first-order chi connectivity index (χ1) is 10.6. The molecule has 0 N–H and O–H groups in total. The van der Waals surface area contributed by atoms with Gasteiger partial charge in [0.15, 0.2) is 5.69 Å². The van der Waals surface area contributed by atoms with E-state index in [1.54, 1.807) is 23.3 Å². The van der Waals surface area contributed by atoms with Crippen molar-refractivity contribution in [2.24, 2.45) is 0 Å². The molecule has 0 saturated heterocycles. The Morgan fingerprint density at radius 1 is 1.36 bits per heavy atom. The molecule has 0 aliphatic carbocycles. The van der Waals surface area contributed by atoms with Gasteiger partial charge in [-0.2, -0.15) is 10.4 Å². The molecular formula is C15H11FIN5. The van der Waals surface area contributed by atoms with Crippen LogP contribution in [0.5, 0.6) is 0 Å². The zero-order chi connectivity index (χ0) is 15.7. The third-order valence-corrected chi connectivity index (χ3v) is 4.00. The van der Waals surface area contributed by atoms with E-state index in [0.29, 0.717) is 12.2 Å². The highest BCUT2D eigenvalue weighted by atomic mass is 127. The Bertz CT molecular complexity index is 874. The van der Waals surface area contributed by atoms with Crippen molar-refractivity contribution in [3.05, 3.63) is 63.3 Å². The summed E-state index contributed by atoms with van der Waals surface area (Å²) in [4.78, 5) is 3.99. The van der Waals surface area contributed by atoms with Gasteiger partial charge in [0.1, 0.15) is 11.9 Å². The Kier molecular flexibility index (Phi) is 3.94. The molecular weight excluding hydrogens is 396 g/mol. The van der Waals surface area contributed by atoms with Crippen molar-refractivity contribution >= 4 is 22.6 Å². The normalized spacial score (nSPS) is 10.6. The molecule has 0 aliphatic heterocycles. The van der Waals surface area contributed by atoms with Gasteiger partial charge < -0.3 is 4.57 Å². The molecule has 22 heavy (non-hydrogen) atoms. The summed E-state index contributed by atoms with van der Waals surface area (Å²) in [5.74, 6) is -0.271. The van der Waals surface area contributed by atoms with E-state index in [1.807, 2.05) is 23.6 Å². The van der Waals surface area contributed by atoms with Crippen molar-refractivity contribution in [1.82, 2.24) is 19.3 Å². The first-order valence-corrected chi connectivity index (χ1v) is 7.57. The number of benzene rings is 1. The van der Waals surface area contributed by atoms with E-state index in [-0.39, 0.29) is 5.82 Å². The fourth-order valence-corrected chi connectivity index (χ4v) is 2.92. The van der Waals surface area contributed by atoms with Crippen LogP contribution in [-0.2, 0) is 6.54 Å². The number of imidazole rings is 1. The third kappa shape index (κ3) is 2.87. The second kappa shape index (κ2) is 5.88. The number of aromatic nitrogens is 4. The molecule has 110 valence electrons. The molecule has 0 bridgehead atoms. The quantitative estimate of drug-likeness (QED) is 0.628. The summed E-state index contributed by atoms with van der Waals surface area (Å²) in [6.07, 6.45) is 3.29. The molecule has 0 saturated carbocycles. The average Bonchev–Trinajstić information content (AvgIpc) is 3.06. The summed E-state index contributed by atoms with van der Waals surface area (Å²) in [6, 6.07) is 8.57. The predicted octanol–water partition coefficient (Wildman–Crippen LogP) is 3.04. The van der Waals surface area contributed by atoms with Gasteiger partial charge in [0, 0.05) is 9.77 Å². The van der Waals surface area contributed by atoms with Crippen LogP contribution in [0.2, 0.25) is 0 Å². The predicted molar refractivity (Wildman–Crippen MR) is 87.0 cm³/mol. The maximum absolute atomic E-state index is 13.3. The summed E-state index contributed by atoms with van der Waals surface area (Å²) >= 11 is 2.09. The average molecular weight is 407 g/mol. The Labute approximate surface area is 140 Å². The molecule has 0 amide bonds. The highest BCUT2D eigenvalue weighted by Crippen LogP contribution is 2.21. The molecule has 0 fully saturated rings. The fraction of sp³-hybridized carbons (Fsp3) is 0.133. The van der Waals surface area contributed by atoms with Crippen LogP contribution in [0.25, 0.3) is 5.69 Å². The first-order valence-electron chi connectivity index (χ1n) is 6.49. The second-order valence-electron chi connectivity index (χ2n) is 4.83. The van der Waals surface area contributed by atoms with Crippen molar-refractivity contribution in [2.45, 2.75) is 13.5 Å². The molecule has 5 nitrogen and oxygen atoms in total. The Balaban J connectivity index is 2.01. The lowest BCUT2D eigenvalue weighted by atomic mass is 10.3. The van der Waals surface area contributed by atoms with Crippen LogP contribution in [0, 0.1) is 27.6 Å². The molecule has 0 spiro atoms. The number of halogens is 2. The van der Waals surface area contributed by atoms with Gasteiger partial charge in [-0.3, -0.25) is 0 Å². The third-order valence-electron chi connectivity index (χ3n) is 3.14.